The predicted molar refractivity (Wildman–Crippen MR) is 76.2 cm³/mol. The Morgan fingerprint density at radius 2 is 1.76 bits per heavy atom. The summed E-state index contributed by atoms with van der Waals surface area (Å²) in [5, 5.41) is 0. The van der Waals surface area contributed by atoms with Gasteiger partial charge in [0, 0.05) is 17.7 Å². The number of rotatable bonds is 5. The summed E-state index contributed by atoms with van der Waals surface area (Å²) in [6, 6.07) is 1.87. The van der Waals surface area contributed by atoms with E-state index in [1.54, 1.807) is 21.3 Å². The Kier molecular flexibility index (Phi) is 5.32. The quantitative estimate of drug-likeness (QED) is 0.827. The number of ether oxygens (including phenoxy) is 3. The van der Waals surface area contributed by atoms with Crippen molar-refractivity contribution in [3.8, 4) is 17.2 Å². The SMILES string of the molecule is COc1cc(OC)c(OC)c(C[C@H](C)N)c1I. The summed E-state index contributed by atoms with van der Waals surface area (Å²) in [5.41, 5.74) is 6.89. The molecule has 1 atom stereocenters. The molecule has 0 radical (unpaired) electrons. The highest BCUT2D eigenvalue weighted by molar-refractivity contribution is 14.1. The van der Waals surface area contributed by atoms with Crippen molar-refractivity contribution >= 4 is 22.6 Å². The number of nitrogens with two attached hydrogens (primary N) is 1. The third-order valence-corrected chi connectivity index (χ3v) is 3.59. The fourth-order valence-corrected chi connectivity index (χ4v) is 2.51. The average Bonchev–Trinajstić information content (AvgIpc) is 2.30. The largest absolute Gasteiger partial charge is 0.495 e. The second kappa shape index (κ2) is 6.30. The molecule has 0 amide bonds. The van der Waals surface area contributed by atoms with Gasteiger partial charge in [0.1, 0.15) is 5.75 Å². The summed E-state index contributed by atoms with van der Waals surface area (Å²) in [5.74, 6) is 2.18. The predicted octanol–water partition coefficient (Wildman–Crippen LogP) is 2.21. The van der Waals surface area contributed by atoms with Crippen LogP contribution in [-0.4, -0.2) is 27.4 Å². The third kappa shape index (κ3) is 3.16. The van der Waals surface area contributed by atoms with E-state index in [0.717, 1.165) is 27.1 Å². The van der Waals surface area contributed by atoms with Gasteiger partial charge in [0.2, 0.25) is 0 Å². The van der Waals surface area contributed by atoms with Gasteiger partial charge in [-0.05, 0) is 35.9 Å². The highest BCUT2D eigenvalue weighted by atomic mass is 127. The lowest BCUT2D eigenvalue weighted by molar-refractivity contribution is 0.343. The Bertz CT molecular complexity index is 394. The van der Waals surface area contributed by atoms with Gasteiger partial charge >= 0.3 is 0 Å². The number of hydrogen-bond donors (Lipinski definition) is 1. The molecule has 0 fully saturated rings. The van der Waals surface area contributed by atoms with Gasteiger partial charge in [-0.3, -0.25) is 0 Å². The molecule has 0 aliphatic heterocycles. The highest BCUT2D eigenvalue weighted by Crippen LogP contribution is 2.40. The molecule has 17 heavy (non-hydrogen) atoms. The zero-order chi connectivity index (χ0) is 13.0. The van der Waals surface area contributed by atoms with E-state index < -0.39 is 0 Å². The van der Waals surface area contributed by atoms with Crippen LogP contribution in [-0.2, 0) is 6.42 Å². The minimum Gasteiger partial charge on any atom is -0.495 e. The normalized spacial score (nSPS) is 12.1. The second-order valence-electron chi connectivity index (χ2n) is 3.79. The van der Waals surface area contributed by atoms with Crippen molar-refractivity contribution in [2.24, 2.45) is 5.73 Å². The standard InChI is InChI=1S/C12H18INO3/c1-7(14)5-8-11(13)9(15-2)6-10(16-3)12(8)17-4/h6-7H,5,14H2,1-4H3/t7-/m0/s1. The highest BCUT2D eigenvalue weighted by Gasteiger charge is 2.19. The van der Waals surface area contributed by atoms with Crippen molar-refractivity contribution < 1.29 is 14.2 Å². The Hall–Kier alpha value is -0.690. The Morgan fingerprint density at radius 3 is 2.18 bits per heavy atom. The van der Waals surface area contributed by atoms with Crippen molar-refractivity contribution in [1.29, 1.82) is 0 Å². The molecule has 0 aliphatic rings. The molecule has 0 spiro atoms. The number of benzene rings is 1. The monoisotopic (exact) mass is 351 g/mol. The maximum atomic E-state index is 5.86. The molecule has 0 aliphatic carbocycles. The lowest BCUT2D eigenvalue weighted by Crippen LogP contribution is -2.19. The first-order chi connectivity index (χ1) is 8.04. The molecule has 0 saturated heterocycles. The molecule has 1 aromatic rings. The molecule has 2 N–H and O–H groups in total. The molecule has 0 bridgehead atoms. The fraction of sp³-hybridized carbons (Fsp3) is 0.500. The molecule has 1 aromatic carbocycles. The zero-order valence-electron chi connectivity index (χ0n) is 10.5. The molecule has 96 valence electrons. The van der Waals surface area contributed by atoms with E-state index in [1.807, 2.05) is 13.0 Å². The van der Waals surface area contributed by atoms with Crippen LogP contribution < -0.4 is 19.9 Å². The van der Waals surface area contributed by atoms with E-state index in [4.69, 9.17) is 19.9 Å². The Balaban J connectivity index is 3.38. The minimum atomic E-state index is 0.0502. The number of methoxy groups -OCH3 is 3. The third-order valence-electron chi connectivity index (χ3n) is 2.41. The smallest absolute Gasteiger partial charge is 0.165 e. The molecular formula is C12H18INO3. The summed E-state index contributed by atoms with van der Waals surface area (Å²) in [6.07, 6.45) is 0.717. The molecule has 0 unspecified atom stereocenters. The van der Waals surface area contributed by atoms with Crippen molar-refractivity contribution in [2.75, 3.05) is 21.3 Å². The van der Waals surface area contributed by atoms with Gasteiger partial charge in [-0.25, -0.2) is 0 Å². The summed E-state index contributed by atoms with van der Waals surface area (Å²) in [6.45, 7) is 1.96. The van der Waals surface area contributed by atoms with Gasteiger partial charge < -0.3 is 19.9 Å². The van der Waals surface area contributed by atoms with Gasteiger partial charge in [0.05, 0.1) is 24.9 Å². The average molecular weight is 351 g/mol. The first kappa shape index (κ1) is 14.4. The number of hydrogen-bond acceptors (Lipinski definition) is 4. The lowest BCUT2D eigenvalue weighted by atomic mass is 10.1. The van der Waals surface area contributed by atoms with E-state index >= 15 is 0 Å². The molecule has 0 aromatic heterocycles. The summed E-state index contributed by atoms with van der Waals surface area (Å²) in [7, 11) is 4.88. The van der Waals surface area contributed by atoms with E-state index in [2.05, 4.69) is 22.6 Å². The van der Waals surface area contributed by atoms with Crippen LogP contribution in [0.3, 0.4) is 0 Å². The van der Waals surface area contributed by atoms with Crippen molar-refractivity contribution in [3.05, 3.63) is 15.2 Å². The summed E-state index contributed by atoms with van der Waals surface area (Å²) in [4.78, 5) is 0. The van der Waals surface area contributed by atoms with Crippen LogP contribution in [0.15, 0.2) is 6.07 Å². The van der Waals surface area contributed by atoms with Crippen LogP contribution in [0.4, 0.5) is 0 Å². The van der Waals surface area contributed by atoms with Gasteiger partial charge in [0.15, 0.2) is 11.5 Å². The maximum Gasteiger partial charge on any atom is 0.165 e. The molecule has 0 saturated carbocycles. The molecule has 1 rings (SSSR count). The maximum absolute atomic E-state index is 5.86. The molecule has 4 nitrogen and oxygen atoms in total. The van der Waals surface area contributed by atoms with Crippen LogP contribution in [0.5, 0.6) is 17.2 Å². The van der Waals surface area contributed by atoms with Crippen LogP contribution in [0.2, 0.25) is 0 Å². The fourth-order valence-electron chi connectivity index (χ4n) is 1.67. The molecular weight excluding hydrogens is 333 g/mol. The molecule has 5 heteroatoms. The van der Waals surface area contributed by atoms with E-state index in [9.17, 15) is 0 Å². The second-order valence-corrected chi connectivity index (χ2v) is 4.87. The van der Waals surface area contributed by atoms with Crippen molar-refractivity contribution in [2.45, 2.75) is 19.4 Å². The minimum absolute atomic E-state index is 0.0502. The number of halogens is 1. The van der Waals surface area contributed by atoms with Crippen molar-refractivity contribution in [3.63, 3.8) is 0 Å². The Morgan fingerprint density at radius 1 is 1.18 bits per heavy atom. The van der Waals surface area contributed by atoms with Crippen LogP contribution in [0, 0.1) is 3.57 Å². The lowest BCUT2D eigenvalue weighted by Gasteiger charge is -2.18. The van der Waals surface area contributed by atoms with E-state index in [-0.39, 0.29) is 6.04 Å². The summed E-state index contributed by atoms with van der Waals surface area (Å²) < 4.78 is 17.1. The van der Waals surface area contributed by atoms with Gasteiger partial charge in [0.25, 0.3) is 0 Å². The molecule has 0 heterocycles. The van der Waals surface area contributed by atoms with E-state index in [0.29, 0.717) is 5.75 Å². The topological polar surface area (TPSA) is 53.7 Å². The first-order valence-corrected chi connectivity index (χ1v) is 6.35. The van der Waals surface area contributed by atoms with Crippen LogP contribution in [0.25, 0.3) is 0 Å². The van der Waals surface area contributed by atoms with Crippen LogP contribution in [0.1, 0.15) is 12.5 Å². The van der Waals surface area contributed by atoms with Gasteiger partial charge in [-0.2, -0.15) is 0 Å². The Labute approximate surface area is 116 Å². The first-order valence-electron chi connectivity index (χ1n) is 5.28. The van der Waals surface area contributed by atoms with Gasteiger partial charge in [-0.15, -0.1) is 0 Å². The van der Waals surface area contributed by atoms with Gasteiger partial charge in [-0.1, -0.05) is 0 Å². The zero-order valence-corrected chi connectivity index (χ0v) is 12.7. The van der Waals surface area contributed by atoms with E-state index in [1.165, 1.54) is 0 Å². The summed E-state index contributed by atoms with van der Waals surface area (Å²) >= 11 is 2.24. The van der Waals surface area contributed by atoms with Crippen LogP contribution >= 0.6 is 22.6 Å². The van der Waals surface area contributed by atoms with Crippen molar-refractivity contribution in [1.82, 2.24) is 0 Å².